The average molecular weight is 616 g/mol. The van der Waals surface area contributed by atoms with E-state index >= 15 is 0 Å². The molecule has 3 N–H and O–H groups in total. The number of nitrogen functional groups attached to an aromatic ring is 1. The van der Waals surface area contributed by atoms with E-state index in [9.17, 15) is 31.2 Å². The molecule has 1 aromatic carbocycles. The van der Waals surface area contributed by atoms with Gasteiger partial charge >= 0.3 is 18.4 Å². The fourth-order valence-corrected chi connectivity index (χ4v) is 4.55. The lowest BCUT2D eigenvalue weighted by Crippen LogP contribution is -2.47. The molecule has 1 atom stereocenters. The highest BCUT2D eigenvalue weighted by atomic mass is 32.2. The van der Waals surface area contributed by atoms with Gasteiger partial charge in [0.25, 0.3) is 11.8 Å². The van der Waals surface area contributed by atoms with E-state index < -0.39 is 52.3 Å². The molecule has 1 unspecified atom stereocenters. The van der Waals surface area contributed by atoms with E-state index in [4.69, 9.17) is 19.6 Å². The van der Waals surface area contributed by atoms with Gasteiger partial charge < -0.3 is 29.7 Å². The average Bonchev–Trinajstić information content (AvgIpc) is 3.32. The number of nitrogens with one attached hydrogen (secondary N) is 1. The topological polar surface area (TPSA) is 186 Å². The van der Waals surface area contributed by atoms with Crippen molar-refractivity contribution in [2.24, 2.45) is 5.92 Å². The van der Waals surface area contributed by atoms with Crippen LogP contribution in [0.4, 0.5) is 23.7 Å². The van der Waals surface area contributed by atoms with Crippen molar-refractivity contribution < 1.29 is 49.8 Å². The number of pyridine rings is 1. The number of rotatable bonds is 9. The number of halogens is 3. The van der Waals surface area contributed by atoms with Crippen LogP contribution in [0.25, 0.3) is 11.6 Å². The van der Waals surface area contributed by atoms with Crippen LogP contribution in [0, 0.1) is 5.92 Å². The molecule has 1 amide bonds. The van der Waals surface area contributed by atoms with Crippen molar-refractivity contribution in [3.63, 3.8) is 0 Å². The first-order chi connectivity index (χ1) is 19.4. The van der Waals surface area contributed by atoms with Crippen molar-refractivity contribution in [1.82, 2.24) is 20.5 Å². The van der Waals surface area contributed by atoms with Crippen LogP contribution < -0.4 is 15.8 Å². The molecule has 3 aromatic rings. The van der Waals surface area contributed by atoms with Gasteiger partial charge in [-0.15, -0.1) is 23.4 Å². The molecule has 2 heterocycles. The van der Waals surface area contributed by atoms with Crippen LogP contribution >= 0.6 is 0 Å². The van der Waals surface area contributed by atoms with Crippen LogP contribution in [-0.4, -0.2) is 53.7 Å². The number of carbonyl (C=O) groups excluding carboxylic acids is 2. The summed E-state index contributed by atoms with van der Waals surface area (Å²) < 4.78 is 82.5. The molecule has 17 heteroatoms. The Hall–Kier alpha value is -4.41. The van der Waals surface area contributed by atoms with Crippen LogP contribution in [0.3, 0.4) is 0 Å². The number of aromatic nitrogens is 3. The Morgan fingerprint density at radius 1 is 1.07 bits per heavy atom. The van der Waals surface area contributed by atoms with Crippen molar-refractivity contribution in [2.75, 3.05) is 5.73 Å². The zero-order valence-electron chi connectivity index (χ0n) is 23.1. The number of ether oxygens (including phenoxy) is 3. The highest BCUT2D eigenvalue weighted by molar-refractivity contribution is 7.91. The first-order valence-electron chi connectivity index (χ1n) is 12.2. The fourth-order valence-electron chi connectivity index (χ4n) is 3.31. The molecule has 0 saturated carbocycles. The Balaban J connectivity index is 1.69. The van der Waals surface area contributed by atoms with E-state index in [1.54, 1.807) is 34.6 Å². The van der Waals surface area contributed by atoms with Crippen LogP contribution in [0.1, 0.15) is 40.5 Å². The van der Waals surface area contributed by atoms with Gasteiger partial charge in [-0.25, -0.2) is 23.0 Å². The first-order valence-corrected chi connectivity index (χ1v) is 13.7. The molecule has 2 aromatic heterocycles. The van der Waals surface area contributed by atoms with Gasteiger partial charge in [0.1, 0.15) is 17.4 Å². The number of hydrogen-bond donors (Lipinski definition) is 2. The van der Waals surface area contributed by atoms with Gasteiger partial charge in [-0.2, -0.15) is 0 Å². The zero-order valence-corrected chi connectivity index (χ0v) is 23.9. The molecule has 0 bridgehead atoms. The summed E-state index contributed by atoms with van der Waals surface area (Å²) in [5, 5.41) is 10.0. The minimum Gasteiger partial charge on any atom is -0.454 e. The van der Waals surface area contributed by atoms with Crippen LogP contribution in [0.2, 0.25) is 0 Å². The smallest absolute Gasteiger partial charge is 0.454 e. The second kappa shape index (κ2) is 12.2. The predicted octanol–water partition coefficient (Wildman–Crippen LogP) is 4.04. The minimum absolute atomic E-state index is 0.0698. The van der Waals surface area contributed by atoms with Gasteiger partial charge in [0.15, 0.2) is 12.3 Å². The molecule has 0 fully saturated rings. The third kappa shape index (κ3) is 8.55. The molecular formula is C25H28F3N5O8S. The number of carbonyl (C=O) groups is 2. The predicted molar refractivity (Wildman–Crippen MR) is 138 cm³/mol. The van der Waals surface area contributed by atoms with E-state index in [0.29, 0.717) is 0 Å². The summed E-state index contributed by atoms with van der Waals surface area (Å²) in [7, 11) is -4.21. The van der Waals surface area contributed by atoms with Crippen LogP contribution in [-0.2, 0) is 30.7 Å². The van der Waals surface area contributed by atoms with Crippen molar-refractivity contribution in [1.29, 1.82) is 0 Å². The van der Waals surface area contributed by atoms with E-state index in [0.717, 1.165) is 36.5 Å². The summed E-state index contributed by atoms with van der Waals surface area (Å²) in [6.45, 7) is 7.97. The number of sulfone groups is 1. The molecule has 13 nitrogen and oxygen atoms in total. The van der Waals surface area contributed by atoms with Gasteiger partial charge in [0, 0.05) is 6.20 Å². The summed E-state index contributed by atoms with van der Waals surface area (Å²) in [6, 6.07) is 3.64. The third-order valence-electron chi connectivity index (χ3n) is 5.17. The number of alkyl halides is 3. The van der Waals surface area contributed by atoms with Gasteiger partial charge in [0.2, 0.25) is 9.84 Å². The number of nitrogens with two attached hydrogens (primary N) is 1. The molecule has 0 saturated heterocycles. The first kappa shape index (κ1) is 32.1. The minimum atomic E-state index is -4.93. The van der Waals surface area contributed by atoms with E-state index in [2.05, 4.69) is 25.2 Å². The van der Waals surface area contributed by atoms with Gasteiger partial charge in [-0.05, 0) is 57.0 Å². The maximum absolute atomic E-state index is 12.9. The van der Waals surface area contributed by atoms with E-state index in [1.165, 1.54) is 0 Å². The third-order valence-corrected chi connectivity index (χ3v) is 6.91. The Kier molecular flexibility index (Phi) is 9.34. The lowest BCUT2D eigenvalue weighted by Gasteiger charge is -2.24. The molecule has 0 aliphatic heterocycles. The summed E-state index contributed by atoms with van der Waals surface area (Å²) in [4.78, 5) is 28.0. The molecule has 3 rings (SSSR count). The summed E-state index contributed by atoms with van der Waals surface area (Å²) in [6.07, 6.45) is -4.77. The van der Waals surface area contributed by atoms with Crippen molar-refractivity contribution in [3.8, 4) is 17.3 Å². The van der Waals surface area contributed by atoms with Gasteiger partial charge in [0.05, 0.1) is 15.5 Å². The largest absolute Gasteiger partial charge is 0.573 e. The van der Waals surface area contributed by atoms with Crippen LogP contribution in [0.5, 0.6) is 5.75 Å². The monoisotopic (exact) mass is 615 g/mol. The summed E-state index contributed by atoms with van der Waals surface area (Å²) in [5.41, 5.74) is 4.97. The zero-order chi connectivity index (χ0) is 31.5. The second-order valence-corrected chi connectivity index (χ2v) is 12.1. The molecule has 0 radical (unpaired) electrons. The SMILES string of the molecule is CC(C)C(NC(=O)OC(C)(C)C)C(=O)OCc1nnc(-c2ncc(S(=O)(=O)c3ccc(OC(F)(F)F)cc3)cc2N)o1. The number of anilines is 1. The van der Waals surface area contributed by atoms with Crippen LogP contribution in [0.15, 0.2) is 50.7 Å². The maximum Gasteiger partial charge on any atom is 0.573 e. The fraction of sp³-hybridized carbons (Fsp3) is 0.400. The molecular weight excluding hydrogens is 587 g/mol. The molecule has 42 heavy (non-hydrogen) atoms. The lowest BCUT2D eigenvalue weighted by atomic mass is 10.1. The summed E-state index contributed by atoms with van der Waals surface area (Å²) in [5.74, 6) is -2.05. The number of amides is 1. The number of esters is 1. The van der Waals surface area contributed by atoms with E-state index in [-0.39, 0.29) is 38.9 Å². The standard InChI is InChI=1S/C25H28F3N5O8S/c1-13(2)19(31-23(35)41-24(3,4)5)22(34)38-12-18-32-33-21(39-18)20-17(29)10-16(11-30-20)42(36,37)15-8-6-14(7-9-15)40-25(26,27)28/h6-11,13,19H,12,29H2,1-5H3,(H,31,35). The summed E-state index contributed by atoms with van der Waals surface area (Å²) >= 11 is 0. The Morgan fingerprint density at radius 2 is 1.71 bits per heavy atom. The lowest BCUT2D eigenvalue weighted by molar-refractivity contribution is -0.274. The molecule has 0 aliphatic carbocycles. The normalized spacial score (nSPS) is 13.0. The molecule has 0 aliphatic rings. The van der Waals surface area contributed by atoms with Crippen molar-refractivity contribution >= 4 is 27.6 Å². The van der Waals surface area contributed by atoms with Gasteiger partial charge in [-0.3, -0.25) is 0 Å². The quantitative estimate of drug-likeness (QED) is 0.330. The Labute approximate surface area is 238 Å². The van der Waals surface area contributed by atoms with Crippen molar-refractivity contribution in [2.45, 2.75) is 69.0 Å². The number of nitrogens with zero attached hydrogens (tertiary/aromatic N) is 3. The highest BCUT2D eigenvalue weighted by Gasteiger charge is 2.32. The van der Waals surface area contributed by atoms with Crippen molar-refractivity contribution in [3.05, 3.63) is 42.4 Å². The molecule has 0 spiro atoms. The van der Waals surface area contributed by atoms with E-state index in [1.807, 2.05) is 0 Å². The van der Waals surface area contributed by atoms with Gasteiger partial charge in [-0.1, -0.05) is 13.8 Å². The highest BCUT2D eigenvalue weighted by Crippen LogP contribution is 2.30. The second-order valence-electron chi connectivity index (χ2n) is 10.1. The molecule has 228 valence electrons. The number of hydrogen-bond acceptors (Lipinski definition) is 12. The number of benzene rings is 1. The Bertz CT molecular complexity index is 1530. The number of alkyl carbamates (subject to hydrolysis) is 1. The maximum atomic E-state index is 12.9. The Morgan fingerprint density at radius 3 is 2.26 bits per heavy atom.